The van der Waals surface area contributed by atoms with Crippen molar-refractivity contribution in [1.82, 2.24) is 0 Å². The van der Waals surface area contributed by atoms with Crippen molar-refractivity contribution >= 4 is 28.6 Å². The molecule has 1 aromatic carbocycles. The molecule has 0 atom stereocenters. The van der Waals surface area contributed by atoms with E-state index in [2.05, 4.69) is 6.07 Å². The Labute approximate surface area is 129 Å². The maximum Gasteiger partial charge on any atom is 0.252 e. The molecular weight excluding hydrogens is 288 g/mol. The summed E-state index contributed by atoms with van der Waals surface area (Å²) in [7, 11) is 0. The molecule has 1 aromatic rings. The summed E-state index contributed by atoms with van der Waals surface area (Å²) in [5.74, 6) is 3.47. The molecule has 0 heterocycles. The Morgan fingerprint density at radius 3 is 2.35 bits per heavy atom. The lowest BCUT2D eigenvalue weighted by Gasteiger charge is -2.16. The number of carbonyl (C=O) groups is 1. The molecule has 3 aliphatic rings. The van der Waals surface area contributed by atoms with E-state index in [-0.39, 0.29) is 5.24 Å². The van der Waals surface area contributed by atoms with Gasteiger partial charge in [0.25, 0.3) is 5.24 Å². The van der Waals surface area contributed by atoms with Crippen LogP contribution in [0.2, 0.25) is 0 Å². The highest BCUT2D eigenvalue weighted by molar-refractivity contribution is 7.99. The van der Waals surface area contributed by atoms with E-state index < -0.39 is 0 Å². The minimum atomic E-state index is -0.275. The van der Waals surface area contributed by atoms with Crippen LogP contribution in [0, 0.1) is 5.92 Å². The second kappa shape index (κ2) is 5.06. The second-order valence-electron chi connectivity index (χ2n) is 6.52. The van der Waals surface area contributed by atoms with Crippen molar-refractivity contribution in [3.63, 3.8) is 0 Å². The Hall–Kier alpha value is -0.470. The van der Waals surface area contributed by atoms with Crippen molar-refractivity contribution in [3.05, 3.63) is 28.8 Å². The van der Waals surface area contributed by atoms with Crippen LogP contribution in [0.4, 0.5) is 0 Å². The minimum Gasteiger partial charge on any atom is -0.276 e. The highest BCUT2D eigenvalue weighted by Crippen LogP contribution is 2.52. The first-order valence-corrected chi connectivity index (χ1v) is 9.10. The highest BCUT2D eigenvalue weighted by Gasteiger charge is 2.35. The van der Waals surface area contributed by atoms with Crippen LogP contribution in [-0.4, -0.2) is 11.0 Å². The van der Waals surface area contributed by atoms with Gasteiger partial charge < -0.3 is 0 Å². The average molecular weight is 307 g/mol. The van der Waals surface area contributed by atoms with Gasteiger partial charge in [0.15, 0.2) is 0 Å². The van der Waals surface area contributed by atoms with Crippen LogP contribution in [0.3, 0.4) is 0 Å². The molecule has 0 aromatic heterocycles. The fourth-order valence-electron chi connectivity index (χ4n) is 2.93. The molecule has 1 nitrogen and oxygen atoms in total. The quantitative estimate of drug-likeness (QED) is 0.522. The zero-order chi connectivity index (χ0) is 13.7. The molecule has 0 unspecified atom stereocenters. The van der Waals surface area contributed by atoms with Gasteiger partial charge in [0.1, 0.15) is 0 Å². The third-order valence-electron chi connectivity index (χ3n) is 4.60. The molecule has 0 N–H and O–H groups in total. The Morgan fingerprint density at radius 2 is 1.80 bits per heavy atom. The smallest absolute Gasteiger partial charge is 0.252 e. The van der Waals surface area contributed by atoms with E-state index in [0.29, 0.717) is 5.92 Å². The monoisotopic (exact) mass is 306 g/mol. The van der Waals surface area contributed by atoms with E-state index >= 15 is 0 Å². The maximum absolute atomic E-state index is 11.8. The van der Waals surface area contributed by atoms with Crippen LogP contribution in [0.15, 0.2) is 17.0 Å². The SMILES string of the molecule is O=C(Cl)c1ccc(C2CC2)c(SCC2CC2)c1C1CC1. The van der Waals surface area contributed by atoms with Crippen molar-refractivity contribution < 1.29 is 4.79 Å². The van der Waals surface area contributed by atoms with Crippen LogP contribution in [0.1, 0.15) is 71.8 Å². The van der Waals surface area contributed by atoms with Gasteiger partial charge in [-0.15, -0.1) is 11.8 Å². The molecule has 106 valence electrons. The zero-order valence-corrected chi connectivity index (χ0v) is 13.1. The van der Waals surface area contributed by atoms with Crippen molar-refractivity contribution in [3.8, 4) is 0 Å². The number of carbonyl (C=O) groups excluding carboxylic acids is 1. The summed E-state index contributed by atoms with van der Waals surface area (Å²) in [5, 5.41) is -0.275. The topological polar surface area (TPSA) is 17.1 Å². The van der Waals surface area contributed by atoms with Crippen LogP contribution in [0.25, 0.3) is 0 Å². The Balaban J connectivity index is 1.75. The molecule has 3 aliphatic carbocycles. The summed E-state index contributed by atoms with van der Waals surface area (Å²) in [6.07, 6.45) is 7.85. The Bertz CT molecular complexity index is 556. The van der Waals surface area contributed by atoms with Gasteiger partial charge in [-0.1, -0.05) is 6.07 Å². The molecular formula is C17H19ClOS. The van der Waals surface area contributed by atoms with E-state index in [9.17, 15) is 4.79 Å². The summed E-state index contributed by atoms with van der Waals surface area (Å²) < 4.78 is 0. The van der Waals surface area contributed by atoms with Crippen molar-refractivity contribution in [2.45, 2.75) is 55.3 Å². The summed E-state index contributed by atoms with van der Waals surface area (Å²) in [5.41, 5.74) is 3.57. The summed E-state index contributed by atoms with van der Waals surface area (Å²) in [6, 6.07) is 4.16. The summed E-state index contributed by atoms with van der Waals surface area (Å²) in [6.45, 7) is 0. The third-order valence-corrected chi connectivity index (χ3v) is 6.19. The third kappa shape index (κ3) is 2.65. The second-order valence-corrected chi connectivity index (χ2v) is 7.90. The van der Waals surface area contributed by atoms with E-state index in [1.165, 1.54) is 60.3 Å². The van der Waals surface area contributed by atoms with Gasteiger partial charge in [0, 0.05) is 16.2 Å². The predicted molar refractivity (Wildman–Crippen MR) is 84.0 cm³/mol. The van der Waals surface area contributed by atoms with Gasteiger partial charge >= 0.3 is 0 Å². The van der Waals surface area contributed by atoms with Crippen molar-refractivity contribution in [2.24, 2.45) is 5.92 Å². The molecule has 3 heteroatoms. The molecule has 0 spiro atoms. The van der Waals surface area contributed by atoms with Gasteiger partial charge in [-0.05, 0) is 85.1 Å². The van der Waals surface area contributed by atoms with Crippen LogP contribution >= 0.6 is 23.4 Å². The van der Waals surface area contributed by atoms with Crippen molar-refractivity contribution in [1.29, 1.82) is 0 Å². The number of hydrogen-bond acceptors (Lipinski definition) is 2. The fourth-order valence-corrected chi connectivity index (χ4v) is 4.66. The molecule has 4 rings (SSSR count). The standard InChI is InChI=1S/C17H19ClOS/c18-17(19)14-8-7-13(11-3-4-11)16(15(14)12-5-6-12)20-9-10-1-2-10/h7-8,10-12H,1-6,9H2. The fraction of sp³-hybridized carbons (Fsp3) is 0.588. The number of benzene rings is 1. The first-order chi connectivity index (χ1) is 9.74. The molecule has 0 aliphatic heterocycles. The van der Waals surface area contributed by atoms with Crippen LogP contribution < -0.4 is 0 Å². The molecule has 3 saturated carbocycles. The predicted octanol–water partition coefficient (Wildman–Crippen LogP) is 5.32. The van der Waals surface area contributed by atoms with Gasteiger partial charge in [0.2, 0.25) is 0 Å². The van der Waals surface area contributed by atoms with Gasteiger partial charge in [-0.25, -0.2) is 0 Å². The van der Waals surface area contributed by atoms with E-state index in [1.54, 1.807) is 0 Å². The van der Waals surface area contributed by atoms with Crippen LogP contribution in [0.5, 0.6) is 0 Å². The summed E-state index contributed by atoms with van der Waals surface area (Å²) >= 11 is 7.83. The Kier molecular flexibility index (Phi) is 3.35. The largest absolute Gasteiger partial charge is 0.276 e. The highest BCUT2D eigenvalue weighted by atomic mass is 35.5. The summed E-state index contributed by atoms with van der Waals surface area (Å²) in [4.78, 5) is 13.2. The van der Waals surface area contributed by atoms with Crippen molar-refractivity contribution in [2.75, 3.05) is 5.75 Å². The van der Waals surface area contributed by atoms with E-state index in [1.807, 2.05) is 17.8 Å². The number of thioether (sulfide) groups is 1. The number of halogens is 1. The zero-order valence-electron chi connectivity index (χ0n) is 11.5. The average Bonchev–Trinajstić information content (AvgIpc) is 3.29. The van der Waals surface area contributed by atoms with E-state index in [4.69, 9.17) is 11.6 Å². The van der Waals surface area contributed by atoms with Gasteiger partial charge in [0.05, 0.1) is 0 Å². The first-order valence-electron chi connectivity index (χ1n) is 7.73. The minimum absolute atomic E-state index is 0.275. The number of rotatable bonds is 6. The normalized spacial score (nSPS) is 22.1. The molecule has 0 radical (unpaired) electrons. The molecule has 0 bridgehead atoms. The molecule has 3 fully saturated rings. The maximum atomic E-state index is 11.8. The molecule has 0 saturated heterocycles. The Morgan fingerprint density at radius 1 is 1.10 bits per heavy atom. The molecule has 0 amide bonds. The lowest BCUT2D eigenvalue weighted by atomic mass is 9.98. The lowest BCUT2D eigenvalue weighted by molar-refractivity contribution is 0.108. The first kappa shape index (κ1) is 13.2. The van der Waals surface area contributed by atoms with Crippen LogP contribution in [-0.2, 0) is 0 Å². The number of hydrogen-bond donors (Lipinski definition) is 0. The lowest BCUT2D eigenvalue weighted by Crippen LogP contribution is -2.02. The van der Waals surface area contributed by atoms with Gasteiger partial charge in [-0.2, -0.15) is 0 Å². The van der Waals surface area contributed by atoms with E-state index in [0.717, 1.165) is 17.4 Å². The molecule has 20 heavy (non-hydrogen) atoms. The van der Waals surface area contributed by atoms with Gasteiger partial charge in [-0.3, -0.25) is 4.79 Å².